The van der Waals surface area contributed by atoms with Gasteiger partial charge in [0.2, 0.25) is 0 Å². The fourth-order valence-corrected chi connectivity index (χ4v) is 4.06. The molecule has 0 radical (unpaired) electrons. The van der Waals surface area contributed by atoms with E-state index in [1.807, 2.05) is 4.40 Å². The number of hydrogen-bond donors (Lipinski definition) is 0. The van der Waals surface area contributed by atoms with Crippen molar-refractivity contribution in [3.63, 3.8) is 0 Å². The first-order chi connectivity index (χ1) is 11.2. The van der Waals surface area contributed by atoms with Crippen molar-refractivity contribution in [1.29, 1.82) is 0 Å². The monoisotopic (exact) mass is 340 g/mol. The van der Waals surface area contributed by atoms with Crippen LogP contribution in [0.4, 0.5) is 0 Å². The number of fused-ring (bicyclic) bond motifs is 1. The molecule has 0 saturated heterocycles. The number of imidazole rings is 1. The molecular weight excluding hydrogens is 316 g/mol. The van der Waals surface area contributed by atoms with Gasteiger partial charge in [-0.05, 0) is 24.0 Å². The first-order valence-electron chi connectivity index (χ1n) is 8.32. The van der Waals surface area contributed by atoms with Crippen molar-refractivity contribution in [3.05, 3.63) is 46.1 Å². The van der Waals surface area contributed by atoms with Gasteiger partial charge in [0.25, 0.3) is 0 Å². The second-order valence-corrected chi connectivity index (χ2v) is 8.80. The lowest BCUT2D eigenvalue weighted by molar-refractivity contribution is 0.111. The molecule has 3 aromatic rings. The predicted molar refractivity (Wildman–Crippen MR) is 101 cm³/mol. The average Bonchev–Trinajstić information content (AvgIpc) is 3.01. The minimum absolute atomic E-state index is 0.158. The van der Waals surface area contributed by atoms with Gasteiger partial charge in [0.1, 0.15) is 5.69 Å². The summed E-state index contributed by atoms with van der Waals surface area (Å²) >= 11 is 1.64. The minimum Gasteiger partial charge on any atom is -0.296 e. The number of hydrogen-bond acceptors (Lipinski definition) is 3. The standard InChI is InChI=1S/C20H24N2OS/c1-12(2)14-7-9-15(10-8-14)17-13(3)24-19-21-18(20(4,5)6)16(11-23)22(17)19/h7-12H,1-6H3. The summed E-state index contributed by atoms with van der Waals surface area (Å²) in [5, 5.41) is 0. The van der Waals surface area contributed by atoms with Gasteiger partial charge in [0, 0.05) is 10.3 Å². The van der Waals surface area contributed by atoms with Crippen LogP contribution in [0.15, 0.2) is 24.3 Å². The van der Waals surface area contributed by atoms with E-state index in [2.05, 4.69) is 65.8 Å². The van der Waals surface area contributed by atoms with Crippen molar-refractivity contribution in [3.8, 4) is 11.3 Å². The number of benzene rings is 1. The van der Waals surface area contributed by atoms with Crippen LogP contribution in [-0.2, 0) is 5.41 Å². The van der Waals surface area contributed by atoms with Crippen LogP contribution < -0.4 is 0 Å². The quantitative estimate of drug-likeness (QED) is 0.581. The normalized spacial score (nSPS) is 12.3. The fourth-order valence-electron chi connectivity index (χ4n) is 3.06. The molecule has 0 aliphatic rings. The van der Waals surface area contributed by atoms with Crippen molar-refractivity contribution in [2.24, 2.45) is 0 Å². The molecule has 3 rings (SSSR count). The number of thiazole rings is 1. The van der Waals surface area contributed by atoms with E-state index in [-0.39, 0.29) is 5.41 Å². The number of aryl methyl sites for hydroxylation is 1. The maximum Gasteiger partial charge on any atom is 0.195 e. The van der Waals surface area contributed by atoms with Gasteiger partial charge in [-0.15, -0.1) is 11.3 Å². The Labute approximate surface area is 147 Å². The highest BCUT2D eigenvalue weighted by molar-refractivity contribution is 7.17. The van der Waals surface area contributed by atoms with Crippen LogP contribution in [0.5, 0.6) is 0 Å². The molecule has 0 unspecified atom stereocenters. The summed E-state index contributed by atoms with van der Waals surface area (Å²) in [6.07, 6.45) is 0.943. The Morgan fingerprint density at radius 1 is 1.17 bits per heavy atom. The smallest absolute Gasteiger partial charge is 0.195 e. The van der Waals surface area contributed by atoms with Gasteiger partial charge in [0.15, 0.2) is 11.2 Å². The zero-order chi connectivity index (χ0) is 17.6. The third-order valence-corrected chi connectivity index (χ3v) is 5.31. The Hall–Kier alpha value is -1.94. The lowest BCUT2D eigenvalue weighted by atomic mass is 9.91. The second kappa shape index (κ2) is 5.85. The van der Waals surface area contributed by atoms with Crippen LogP contribution in [0.2, 0.25) is 0 Å². The molecule has 0 aliphatic heterocycles. The number of carbonyl (C=O) groups is 1. The van der Waals surface area contributed by atoms with Crippen molar-refractivity contribution in [2.75, 3.05) is 0 Å². The highest BCUT2D eigenvalue weighted by Gasteiger charge is 2.26. The molecule has 0 aliphatic carbocycles. The van der Waals surface area contributed by atoms with Crippen molar-refractivity contribution in [2.45, 2.75) is 52.9 Å². The summed E-state index contributed by atoms with van der Waals surface area (Å²) < 4.78 is 2.03. The summed E-state index contributed by atoms with van der Waals surface area (Å²) in [6.45, 7) is 12.8. The Morgan fingerprint density at radius 3 is 2.29 bits per heavy atom. The fraction of sp³-hybridized carbons (Fsp3) is 0.400. The molecule has 0 spiro atoms. The molecule has 0 atom stereocenters. The second-order valence-electron chi connectivity index (χ2n) is 7.62. The van der Waals surface area contributed by atoms with E-state index in [1.165, 1.54) is 10.4 Å². The van der Waals surface area contributed by atoms with Gasteiger partial charge in [-0.3, -0.25) is 9.20 Å². The first kappa shape index (κ1) is 16.9. The van der Waals surface area contributed by atoms with E-state index < -0.39 is 0 Å². The van der Waals surface area contributed by atoms with E-state index in [1.54, 1.807) is 11.3 Å². The zero-order valence-corrected chi connectivity index (χ0v) is 16.0. The SMILES string of the molecule is Cc1sc2nc(C(C)(C)C)c(C=O)n2c1-c1ccc(C(C)C)cc1. The van der Waals surface area contributed by atoms with E-state index in [4.69, 9.17) is 4.98 Å². The highest BCUT2D eigenvalue weighted by atomic mass is 32.1. The van der Waals surface area contributed by atoms with Crippen LogP contribution in [0.3, 0.4) is 0 Å². The van der Waals surface area contributed by atoms with E-state index in [0.29, 0.717) is 11.6 Å². The van der Waals surface area contributed by atoms with Gasteiger partial charge in [-0.1, -0.05) is 58.9 Å². The minimum atomic E-state index is -0.158. The van der Waals surface area contributed by atoms with Crippen LogP contribution in [0.1, 0.15) is 67.2 Å². The number of aldehydes is 1. The van der Waals surface area contributed by atoms with Gasteiger partial charge in [-0.2, -0.15) is 0 Å². The topological polar surface area (TPSA) is 34.4 Å². The summed E-state index contributed by atoms with van der Waals surface area (Å²) in [5.74, 6) is 0.508. The van der Waals surface area contributed by atoms with E-state index in [0.717, 1.165) is 28.2 Å². The Balaban J connectivity index is 2.26. The van der Waals surface area contributed by atoms with Gasteiger partial charge in [0.05, 0.1) is 11.4 Å². The number of rotatable bonds is 3. The molecule has 2 heterocycles. The molecule has 1 aromatic carbocycles. The number of nitrogens with zero attached hydrogens (tertiary/aromatic N) is 2. The van der Waals surface area contributed by atoms with E-state index in [9.17, 15) is 4.79 Å². The highest BCUT2D eigenvalue weighted by Crippen LogP contribution is 2.36. The molecule has 0 bridgehead atoms. The molecule has 0 N–H and O–H groups in total. The molecule has 0 amide bonds. The lowest BCUT2D eigenvalue weighted by Crippen LogP contribution is -2.15. The van der Waals surface area contributed by atoms with E-state index >= 15 is 0 Å². The van der Waals surface area contributed by atoms with Crippen molar-refractivity contribution in [1.82, 2.24) is 9.38 Å². The maximum atomic E-state index is 11.8. The molecule has 2 aromatic heterocycles. The van der Waals surface area contributed by atoms with Gasteiger partial charge >= 0.3 is 0 Å². The molecule has 24 heavy (non-hydrogen) atoms. The summed E-state index contributed by atoms with van der Waals surface area (Å²) in [6, 6.07) is 8.64. The Morgan fingerprint density at radius 2 is 1.79 bits per heavy atom. The van der Waals surface area contributed by atoms with Gasteiger partial charge < -0.3 is 0 Å². The zero-order valence-electron chi connectivity index (χ0n) is 15.2. The van der Waals surface area contributed by atoms with Crippen LogP contribution in [0, 0.1) is 6.92 Å². The summed E-state index contributed by atoms with van der Waals surface area (Å²) in [4.78, 5) is 18.7. The molecule has 3 nitrogen and oxygen atoms in total. The lowest BCUT2D eigenvalue weighted by Gasteiger charge is -2.16. The van der Waals surface area contributed by atoms with Crippen molar-refractivity contribution >= 4 is 22.6 Å². The Kier molecular flexibility index (Phi) is 4.12. The first-order valence-corrected chi connectivity index (χ1v) is 9.13. The number of aromatic nitrogens is 2. The van der Waals surface area contributed by atoms with Gasteiger partial charge in [-0.25, -0.2) is 4.98 Å². The van der Waals surface area contributed by atoms with Crippen LogP contribution >= 0.6 is 11.3 Å². The average molecular weight is 340 g/mol. The molecular formula is C20H24N2OS. The maximum absolute atomic E-state index is 11.8. The molecule has 126 valence electrons. The molecule has 0 fully saturated rings. The van der Waals surface area contributed by atoms with Crippen LogP contribution in [0.25, 0.3) is 16.2 Å². The third kappa shape index (κ3) is 2.69. The third-order valence-electron chi connectivity index (χ3n) is 4.36. The largest absolute Gasteiger partial charge is 0.296 e. The predicted octanol–water partition coefficient (Wildman–Crippen LogP) is 5.60. The molecule has 4 heteroatoms. The number of carbonyl (C=O) groups excluding carboxylic acids is 1. The van der Waals surface area contributed by atoms with Crippen LogP contribution in [-0.4, -0.2) is 15.7 Å². The summed E-state index contributed by atoms with van der Waals surface area (Å²) in [5.41, 5.74) is 4.90. The molecule has 0 saturated carbocycles. The van der Waals surface area contributed by atoms with Crippen molar-refractivity contribution < 1.29 is 4.79 Å². The summed E-state index contributed by atoms with van der Waals surface area (Å²) in [7, 11) is 0. The Bertz CT molecular complexity index is 892.